The Hall–Kier alpha value is -2.01. The summed E-state index contributed by atoms with van der Waals surface area (Å²) in [5.74, 6) is 0. The Balaban J connectivity index is 1.53. The van der Waals surface area contributed by atoms with Gasteiger partial charge >= 0.3 is 6.03 Å². The molecular weight excluding hydrogens is 312 g/mol. The van der Waals surface area contributed by atoms with E-state index in [1.54, 1.807) is 0 Å². The summed E-state index contributed by atoms with van der Waals surface area (Å²) in [4.78, 5) is 20.6. The molecule has 2 saturated heterocycles. The molecule has 0 bridgehead atoms. The first-order chi connectivity index (χ1) is 11.2. The largest absolute Gasteiger partial charge is 0.371 e. The summed E-state index contributed by atoms with van der Waals surface area (Å²) in [6.07, 6.45) is 3.85. The van der Waals surface area contributed by atoms with E-state index < -0.39 is 0 Å². The summed E-state index contributed by atoms with van der Waals surface area (Å²) in [6, 6.07) is 8.38. The third kappa shape index (κ3) is 2.70. The van der Waals surface area contributed by atoms with Crippen molar-refractivity contribution in [2.75, 3.05) is 31.1 Å². The standard InChI is InChI=1S/C17H19ClN4O/c18-12-1-2-14-15(11-12)19-6-3-16(14)21-8-4-13(5-9-21)22-10-7-20-17(22)23/h1-3,6,11,13H,4-5,7-10H2,(H,20,23). The maximum atomic E-state index is 11.8. The highest BCUT2D eigenvalue weighted by molar-refractivity contribution is 6.31. The van der Waals surface area contributed by atoms with E-state index in [9.17, 15) is 4.79 Å². The maximum absolute atomic E-state index is 11.8. The number of hydrogen-bond acceptors (Lipinski definition) is 3. The highest BCUT2D eigenvalue weighted by Crippen LogP contribution is 2.30. The molecule has 1 N–H and O–H groups in total. The van der Waals surface area contributed by atoms with Crippen LogP contribution in [-0.2, 0) is 0 Å². The number of rotatable bonds is 2. The molecule has 2 amide bonds. The van der Waals surface area contributed by atoms with Crippen LogP contribution >= 0.6 is 11.6 Å². The van der Waals surface area contributed by atoms with Gasteiger partial charge in [-0.2, -0.15) is 0 Å². The molecule has 1 aromatic heterocycles. The van der Waals surface area contributed by atoms with Gasteiger partial charge in [-0.1, -0.05) is 11.6 Å². The lowest BCUT2D eigenvalue weighted by molar-refractivity contribution is 0.186. The fourth-order valence-electron chi connectivity index (χ4n) is 3.64. The molecule has 2 aromatic rings. The molecule has 2 aliphatic rings. The minimum atomic E-state index is 0.0902. The van der Waals surface area contributed by atoms with Crippen LogP contribution in [0.1, 0.15) is 12.8 Å². The highest BCUT2D eigenvalue weighted by Gasteiger charge is 2.30. The van der Waals surface area contributed by atoms with Crippen molar-refractivity contribution >= 4 is 34.2 Å². The second-order valence-corrected chi connectivity index (χ2v) is 6.57. The van der Waals surface area contributed by atoms with E-state index in [0.29, 0.717) is 11.1 Å². The van der Waals surface area contributed by atoms with Gasteiger partial charge in [-0.25, -0.2) is 4.79 Å². The van der Waals surface area contributed by atoms with Crippen molar-refractivity contribution in [3.05, 3.63) is 35.5 Å². The molecule has 1 aromatic carbocycles. The van der Waals surface area contributed by atoms with E-state index in [2.05, 4.69) is 21.3 Å². The minimum Gasteiger partial charge on any atom is -0.371 e. The molecule has 0 atom stereocenters. The van der Waals surface area contributed by atoms with E-state index in [1.165, 1.54) is 5.69 Å². The number of nitrogens with zero attached hydrogens (tertiary/aromatic N) is 3. The molecule has 0 unspecified atom stereocenters. The van der Waals surface area contributed by atoms with E-state index in [-0.39, 0.29) is 6.03 Å². The molecule has 6 heteroatoms. The van der Waals surface area contributed by atoms with Gasteiger partial charge in [0.05, 0.1) is 5.52 Å². The summed E-state index contributed by atoms with van der Waals surface area (Å²) in [5.41, 5.74) is 2.13. The SMILES string of the molecule is O=C1NCCN1C1CCN(c2ccnc3cc(Cl)ccc23)CC1. The number of amides is 2. The van der Waals surface area contributed by atoms with Gasteiger partial charge in [0, 0.05) is 54.5 Å². The summed E-state index contributed by atoms with van der Waals surface area (Å²) in [5, 5.41) is 4.73. The molecule has 2 aliphatic heterocycles. The van der Waals surface area contributed by atoms with Crippen molar-refractivity contribution < 1.29 is 4.79 Å². The van der Waals surface area contributed by atoms with Gasteiger partial charge in [-0.15, -0.1) is 0 Å². The second kappa shape index (κ2) is 5.89. The highest BCUT2D eigenvalue weighted by atomic mass is 35.5. The van der Waals surface area contributed by atoms with Gasteiger partial charge in [0.2, 0.25) is 0 Å². The summed E-state index contributed by atoms with van der Waals surface area (Å²) in [7, 11) is 0. The van der Waals surface area contributed by atoms with Crippen LogP contribution in [0.2, 0.25) is 5.02 Å². The molecule has 120 valence electrons. The van der Waals surface area contributed by atoms with Gasteiger partial charge in [0.15, 0.2) is 0 Å². The fraction of sp³-hybridized carbons (Fsp3) is 0.412. The van der Waals surface area contributed by atoms with Crippen molar-refractivity contribution in [1.29, 1.82) is 0 Å². The number of anilines is 1. The first-order valence-electron chi connectivity index (χ1n) is 8.06. The Morgan fingerprint density at radius 2 is 2.00 bits per heavy atom. The Bertz CT molecular complexity index is 742. The second-order valence-electron chi connectivity index (χ2n) is 6.14. The minimum absolute atomic E-state index is 0.0902. The summed E-state index contributed by atoms with van der Waals surface area (Å²) in [6.45, 7) is 3.52. The Kier molecular flexibility index (Phi) is 3.73. The number of carbonyl (C=O) groups is 1. The lowest BCUT2D eigenvalue weighted by Gasteiger charge is -2.37. The van der Waals surface area contributed by atoms with Crippen LogP contribution < -0.4 is 10.2 Å². The Morgan fingerprint density at radius 1 is 1.17 bits per heavy atom. The number of urea groups is 1. The van der Waals surface area contributed by atoms with Crippen LogP contribution in [0.4, 0.5) is 10.5 Å². The third-order valence-corrected chi connectivity index (χ3v) is 5.05. The number of nitrogens with one attached hydrogen (secondary N) is 1. The van der Waals surface area contributed by atoms with Crippen LogP contribution in [0.3, 0.4) is 0 Å². The quantitative estimate of drug-likeness (QED) is 0.921. The zero-order valence-electron chi connectivity index (χ0n) is 12.8. The van der Waals surface area contributed by atoms with Crippen molar-refractivity contribution in [3.8, 4) is 0 Å². The number of aromatic nitrogens is 1. The van der Waals surface area contributed by atoms with Gasteiger partial charge in [0.1, 0.15) is 0 Å². The monoisotopic (exact) mass is 330 g/mol. The van der Waals surface area contributed by atoms with E-state index in [1.807, 2.05) is 29.3 Å². The number of pyridine rings is 1. The zero-order chi connectivity index (χ0) is 15.8. The first-order valence-corrected chi connectivity index (χ1v) is 8.44. The third-order valence-electron chi connectivity index (χ3n) is 4.82. The topological polar surface area (TPSA) is 48.5 Å². The molecule has 0 saturated carbocycles. The average Bonchev–Trinajstić information content (AvgIpc) is 3.00. The predicted molar refractivity (Wildman–Crippen MR) is 92.1 cm³/mol. The number of carbonyl (C=O) groups excluding carboxylic acids is 1. The lowest BCUT2D eigenvalue weighted by Crippen LogP contribution is -2.46. The lowest BCUT2D eigenvalue weighted by atomic mass is 10.0. The van der Waals surface area contributed by atoms with Gasteiger partial charge in [-0.05, 0) is 37.1 Å². The number of fused-ring (bicyclic) bond motifs is 1. The molecule has 4 rings (SSSR count). The molecular formula is C17H19ClN4O. The smallest absolute Gasteiger partial charge is 0.317 e. The first kappa shape index (κ1) is 14.6. The van der Waals surface area contributed by atoms with Gasteiger partial charge in [-0.3, -0.25) is 4.98 Å². The van der Waals surface area contributed by atoms with E-state index >= 15 is 0 Å². The van der Waals surface area contributed by atoms with Crippen LogP contribution in [0.15, 0.2) is 30.5 Å². The maximum Gasteiger partial charge on any atom is 0.317 e. The van der Waals surface area contributed by atoms with E-state index in [0.717, 1.165) is 49.9 Å². The molecule has 0 spiro atoms. The molecule has 2 fully saturated rings. The number of halogens is 1. The Morgan fingerprint density at radius 3 is 2.74 bits per heavy atom. The Labute approximate surface area is 140 Å². The number of piperidine rings is 1. The average molecular weight is 331 g/mol. The molecule has 0 radical (unpaired) electrons. The van der Waals surface area contributed by atoms with Gasteiger partial charge < -0.3 is 15.1 Å². The molecule has 0 aliphatic carbocycles. The molecule has 3 heterocycles. The number of benzene rings is 1. The fourth-order valence-corrected chi connectivity index (χ4v) is 3.80. The summed E-state index contributed by atoms with van der Waals surface area (Å²) >= 11 is 6.07. The molecule has 23 heavy (non-hydrogen) atoms. The van der Waals surface area contributed by atoms with E-state index in [4.69, 9.17) is 11.6 Å². The predicted octanol–water partition coefficient (Wildman–Crippen LogP) is 2.88. The van der Waals surface area contributed by atoms with Crippen molar-refractivity contribution in [3.63, 3.8) is 0 Å². The molecule has 5 nitrogen and oxygen atoms in total. The van der Waals surface area contributed by atoms with Crippen LogP contribution in [0.25, 0.3) is 10.9 Å². The van der Waals surface area contributed by atoms with Crippen molar-refractivity contribution in [2.45, 2.75) is 18.9 Å². The van der Waals surface area contributed by atoms with Gasteiger partial charge in [0.25, 0.3) is 0 Å². The van der Waals surface area contributed by atoms with Crippen molar-refractivity contribution in [1.82, 2.24) is 15.2 Å². The van der Waals surface area contributed by atoms with Crippen LogP contribution in [-0.4, -0.2) is 48.1 Å². The van der Waals surface area contributed by atoms with Crippen LogP contribution in [0.5, 0.6) is 0 Å². The normalized spacial score (nSPS) is 19.4. The van der Waals surface area contributed by atoms with Crippen molar-refractivity contribution in [2.24, 2.45) is 0 Å². The number of hydrogen-bond donors (Lipinski definition) is 1. The summed E-state index contributed by atoms with van der Waals surface area (Å²) < 4.78 is 0. The zero-order valence-corrected chi connectivity index (χ0v) is 13.6. The van der Waals surface area contributed by atoms with Crippen LogP contribution in [0, 0.1) is 0 Å².